The molecule has 11 heteroatoms. The highest BCUT2D eigenvalue weighted by atomic mass is 16.6. The number of hydrogen-bond acceptors (Lipinski definition) is 8. The van der Waals surface area contributed by atoms with E-state index in [0.29, 0.717) is 0 Å². The van der Waals surface area contributed by atoms with Gasteiger partial charge in [-0.3, -0.25) is 24.5 Å². The molecule has 32 heavy (non-hydrogen) atoms. The molecule has 1 N–H and O–H groups in total. The fourth-order valence-corrected chi connectivity index (χ4v) is 3.75. The fraction of sp³-hybridized carbons (Fsp3) is 0.524. The van der Waals surface area contributed by atoms with Gasteiger partial charge in [0.05, 0.1) is 18.7 Å². The quantitative estimate of drug-likeness (QED) is 0.378. The fourth-order valence-electron chi connectivity index (χ4n) is 3.75. The third kappa shape index (κ3) is 5.04. The van der Waals surface area contributed by atoms with Crippen LogP contribution in [0, 0.1) is 10.1 Å². The Kier molecular flexibility index (Phi) is 7.22. The van der Waals surface area contributed by atoms with E-state index in [1.54, 1.807) is 39.8 Å². The molecule has 174 valence electrons. The maximum absolute atomic E-state index is 13.8. The molecule has 1 aromatic rings. The summed E-state index contributed by atoms with van der Waals surface area (Å²) in [6, 6.07) is 4.68. The summed E-state index contributed by atoms with van der Waals surface area (Å²) >= 11 is 0. The zero-order valence-corrected chi connectivity index (χ0v) is 18.7. The number of rotatable bonds is 7. The number of benzene rings is 1. The highest BCUT2D eigenvalue weighted by Gasteiger charge is 2.60. The van der Waals surface area contributed by atoms with E-state index in [1.807, 2.05) is 0 Å². The Morgan fingerprint density at radius 3 is 2.41 bits per heavy atom. The number of fused-ring (bicyclic) bond motifs is 1. The maximum atomic E-state index is 13.8. The van der Waals surface area contributed by atoms with Crippen molar-refractivity contribution in [3.63, 3.8) is 0 Å². The lowest BCUT2D eigenvalue weighted by molar-refractivity contribution is -0.484. The van der Waals surface area contributed by atoms with Gasteiger partial charge in [-0.15, -0.1) is 0 Å². The van der Waals surface area contributed by atoms with E-state index in [4.69, 9.17) is 9.47 Å². The molecule has 0 unspecified atom stereocenters. The predicted molar refractivity (Wildman–Crippen MR) is 113 cm³/mol. The van der Waals surface area contributed by atoms with Crippen LogP contribution in [0.15, 0.2) is 24.3 Å². The number of hydrogen-bond donors (Lipinski definition) is 1. The third-order valence-electron chi connectivity index (χ3n) is 4.82. The number of amides is 3. The topological polar surface area (TPSA) is 145 Å². The first-order valence-corrected chi connectivity index (χ1v) is 10.0. The number of nitro groups is 1. The number of ether oxygens (including phenoxy) is 2. The molecule has 0 fully saturated rings. The Morgan fingerprint density at radius 2 is 1.88 bits per heavy atom. The van der Waals surface area contributed by atoms with Crippen LogP contribution < -0.4 is 10.2 Å². The highest BCUT2D eigenvalue weighted by molar-refractivity contribution is 6.22. The standard InChI is InChI=1S/C21H27N3O8/c1-6-31-17(26)11-21(16(12-23(29)30)22-13(2)25)14-9-7-8-10-15(14)24(18(21)27)19(28)32-20(3,4)5/h7-10,16H,6,11-12H2,1-5H3,(H,22,25)/t16-,21-/m1/s1. The number of nitrogens with zero attached hydrogens (tertiary/aromatic N) is 2. The Bertz CT molecular complexity index is 923. The van der Waals surface area contributed by atoms with Crippen molar-refractivity contribution in [2.75, 3.05) is 18.1 Å². The van der Waals surface area contributed by atoms with Crippen LogP contribution in [0.5, 0.6) is 0 Å². The molecule has 11 nitrogen and oxygen atoms in total. The summed E-state index contributed by atoms with van der Waals surface area (Å²) in [6.45, 7) is 6.73. The minimum Gasteiger partial charge on any atom is -0.466 e. The average molecular weight is 449 g/mol. The smallest absolute Gasteiger partial charge is 0.421 e. The van der Waals surface area contributed by atoms with Crippen LogP contribution >= 0.6 is 0 Å². The molecule has 2 atom stereocenters. The van der Waals surface area contributed by atoms with E-state index in [1.165, 1.54) is 12.1 Å². The summed E-state index contributed by atoms with van der Waals surface area (Å²) in [5.41, 5.74) is -2.58. The number of nitrogens with one attached hydrogen (secondary N) is 1. The number of carbonyl (C=O) groups excluding carboxylic acids is 4. The van der Waals surface area contributed by atoms with Gasteiger partial charge >= 0.3 is 12.1 Å². The van der Waals surface area contributed by atoms with Crippen molar-refractivity contribution < 1.29 is 33.6 Å². The lowest BCUT2D eigenvalue weighted by Gasteiger charge is -2.34. The van der Waals surface area contributed by atoms with E-state index >= 15 is 0 Å². The number of esters is 1. The van der Waals surface area contributed by atoms with Crippen LogP contribution in [0.2, 0.25) is 0 Å². The van der Waals surface area contributed by atoms with Crippen molar-refractivity contribution in [2.45, 2.75) is 58.1 Å². The van der Waals surface area contributed by atoms with E-state index < -0.39 is 58.8 Å². The lowest BCUT2D eigenvalue weighted by atomic mass is 9.72. The van der Waals surface area contributed by atoms with Crippen LogP contribution in [-0.2, 0) is 29.3 Å². The van der Waals surface area contributed by atoms with Crippen molar-refractivity contribution in [3.8, 4) is 0 Å². The molecule has 1 aliphatic rings. The number of anilines is 1. The first kappa shape index (κ1) is 24.8. The van der Waals surface area contributed by atoms with E-state index in [2.05, 4.69) is 5.32 Å². The van der Waals surface area contributed by atoms with Gasteiger partial charge < -0.3 is 14.8 Å². The summed E-state index contributed by atoms with van der Waals surface area (Å²) in [5.74, 6) is -2.36. The van der Waals surface area contributed by atoms with Crippen LogP contribution in [0.3, 0.4) is 0 Å². The van der Waals surface area contributed by atoms with Crippen LogP contribution in [0.1, 0.15) is 46.6 Å². The lowest BCUT2D eigenvalue weighted by Crippen LogP contribution is -2.60. The predicted octanol–water partition coefficient (Wildman–Crippen LogP) is 1.94. The van der Waals surface area contributed by atoms with Crippen LogP contribution in [0.25, 0.3) is 0 Å². The van der Waals surface area contributed by atoms with Gasteiger partial charge in [0, 0.05) is 11.8 Å². The monoisotopic (exact) mass is 449 g/mol. The summed E-state index contributed by atoms with van der Waals surface area (Å²) in [5, 5.41) is 13.9. The van der Waals surface area contributed by atoms with Gasteiger partial charge in [-0.05, 0) is 39.3 Å². The molecule has 0 saturated carbocycles. The van der Waals surface area contributed by atoms with E-state index in [9.17, 15) is 29.3 Å². The van der Waals surface area contributed by atoms with Crippen molar-refractivity contribution >= 4 is 29.6 Å². The summed E-state index contributed by atoms with van der Waals surface area (Å²) < 4.78 is 10.4. The second-order valence-corrected chi connectivity index (χ2v) is 8.36. The normalized spacial score (nSPS) is 18.5. The van der Waals surface area contributed by atoms with Crippen molar-refractivity contribution in [1.82, 2.24) is 5.32 Å². The molecule has 0 bridgehead atoms. The van der Waals surface area contributed by atoms with Gasteiger partial charge in [0.25, 0.3) is 0 Å². The molecular weight excluding hydrogens is 422 g/mol. The first-order valence-electron chi connectivity index (χ1n) is 10.0. The number of para-hydroxylation sites is 1. The largest absolute Gasteiger partial charge is 0.466 e. The van der Waals surface area contributed by atoms with Gasteiger partial charge in [-0.25, -0.2) is 9.69 Å². The number of imide groups is 1. The van der Waals surface area contributed by atoms with Crippen LogP contribution in [-0.4, -0.2) is 53.6 Å². The molecule has 2 rings (SSSR count). The molecule has 0 saturated heterocycles. The van der Waals surface area contributed by atoms with Crippen molar-refractivity contribution in [3.05, 3.63) is 39.9 Å². The minimum absolute atomic E-state index is 0.0145. The average Bonchev–Trinajstić information content (AvgIpc) is 2.88. The van der Waals surface area contributed by atoms with Gasteiger partial charge in [-0.1, -0.05) is 18.2 Å². The molecule has 1 heterocycles. The van der Waals surface area contributed by atoms with E-state index in [0.717, 1.165) is 11.8 Å². The van der Waals surface area contributed by atoms with Gasteiger partial charge in [0.1, 0.15) is 17.1 Å². The number of carbonyl (C=O) groups is 4. The Morgan fingerprint density at radius 1 is 1.25 bits per heavy atom. The molecular formula is C21H27N3O8. The van der Waals surface area contributed by atoms with Crippen molar-refractivity contribution in [2.24, 2.45) is 0 Å². The first-order chi connectivity index (χ1) is 14.8. The Labute approximate surface area is 185 Å². The Hall–Kier alpha value is -3.50. The van der Waals surface area contributed by atoms with Gasteiger partial charge in [0.15, 0.2) is 0 Å². The summed E-state index contributed by atoms with van der Waals surface area (Å²) in [4.78, 5) is 62.7. The Balaban J connectivity index is 2.74. The molecule has 1 aromatic carbocycles. The minimum atomic E-state index is -1.95. The van der Waals surface area contributed by atoms with E-state index in [-0.39, 0.29) is 17.9 Å². The molecule has 1 aliphatic heterocycles. The molecule has 3 amide bonds. The summed E-state index contributed by atoms with van der Waals surface area (Å²) in [6.07, 6.45) is -1.61. The molecule has 0 aromatic heterocycles. The SMILES string of the molecule is CCOC(=O)C[C@@]1([C@@H](C[N+](=O)[O-])NC(C)=O)C(=O)N(C(=O)OC(C)(C)C)c2ccccc21. The zero-order chi connectivity index (χ0) is 24.3. The summed E-state index contributed by atoms with van der Waals surface area (Å²) in [7, 11) is 0. The van der Waals surface area contributed by atoms with Gasteiger partial charge in [0.2, 0.25) is 18.4 Å². The van der Waals surface area contributed by atoms with Crippen LogP contribution in [0.4, 0.5) is 10.5 Å². The second-order valence-electron chi connectivity index (χ2n) is 8.36. The third-order valence-corrected chi connectivity index (χ3v) is 4.82. The molecule has 0 aliphatic carbocycles. The van der Waals surface area contributed by atoms with Gasteiger partial charge in [-0.2, -0.15) is 0 Å². The molecule has 0 spiro atoms. The second kappa shape index (κ2) is 9.33. The highest BCUT2D eigenvalue weighted by Crippen LogP contribution is 2.47. The van der Waals surface area contributed by atoms with Crippen molar-refractivity contribution in [1.29, 1.82) is 0 Å². The zero-order valence-electron chi connectivity index (χ0n) is 18.7. The maximum Gasteiger partial charge on any atom is 0.421 e. The molecule has 0 radical (unpaired) electrons.